The van der Waals surface area contributed by atoms with Crippen molar-refractivity contribution in [2.24, 2.45) is 5.92 Å². The van der Waals surface area contributed by atoms with Gasteiger partial charge in [0.1, 0.15) is 0 Å². The van der Waals surface area contributed by atoms with Gasteiger partial charge in [-0.25, -0.2) is 9.97 Å². The Labute approximate surface area is 139 Å². The first kappa shape index (κ1) is 14.5. The number of pyridine rings is 1. The summed E-state index contributed by atoms with van der Waals surface area (Å²) in [5, 5.41) is 11.9. The first-order valence-electron chi connectivity index (χ1n) is 7.88. The molecule has 3 aromatic rings. The zero-order valence-corrected chi connectivity index (χ0v) is 13.1. The number of anilines is 2. The van der Waals surface area contributed by atoms with Gasteiger partial charge < -0.3 is 10.2 Å². The standard InChI is InChI=1S/C17H17N7/c1-6-19-17(20-7-1)21-10-13-11-24(12-13)16-3-2-15(22-23-16)14-4-8-18-9-5-14/h1-9,13H,10-12H2,(H,19,20,21). The van der Waals surface area contributed by atoms with Gasteiger partial charge in [0.15, 0.2) is 5.82 Å². The van der Waals surface area contributed by atoms with Crippen LogP contribution in [0.15, 0.2) is 55.1 Å². The maximum Gasteiger partial charge on any atom is 0.222 e. The average molecular weight is 319 g/mol. The number of aromatic nitrogens is 5. The third-order valence-corrected chi connectivity index (χ3v) is 4.02. The maximum atomic E-state index is 4.34. The molecule has 0 aliphatic carbocycles. The highest BCUT2D eigenvalue weighted by molar-refractivity contribution is 5.59. The molecule has 0 amide bonds. The molecule has 0 bridgehead atoms. The number of hydrogen-bond acceptors (Lipinski definition) is 7. The van der Waals surface area contributed by atoms with Crippen LogP contribution in [0.1, 0.15) is 0 Å². The van der Waals surface area contributed by atoms with E-state index in [1.165, 1.54) is 0 Å². The quantitative estimate of drug-likeness (QED) is 0.769. The normalized spacial score (nSPS) is 14.2. The van der Waals surface area contributed by atoms with Gasteiger partial charge in [-0.2, -0.15) is 0 Å². The minimum absolute atomic E-state index is 0.565. The SMILES string of the molecule is c1cnc(NCC2CN(c3ccc(-c4ccncc4)nn3)C2)nc1. The van der Waals surface area contributed by atoms with Crippen molar-refractivity contribution in [1.29, 1.82) is 0 Å². The first-order valence-corrected chi connectivity index (χ1v) is 7.88. The molecule has 1 N–H and O–H groups in total. The van der Waals surface area contributed by atoms with Crippen molar-refractivity contribution in [2.75, 3.05) is 29.9 Å². The van der Waals surface area contributed by atoms with E-state index in [1.807, 2.05) is 30.3 Å². The highest BCUT2D eigenvalue weighted by Crippen LogP contribution is 2.24. The molecule has 0 radical (unpaired) electrons. The van der Waals surface area contributed by atoms with Crippen molar-refractivity contribution < 1.29 is 0 Å². The summed E-state index contributed by atoms with van der Waals surface area (Å²) >= 11 is 0. The van der Waals surface area contributed by atoms with Gasteiger partial charge in [0.25, 0.3) is 0 Å². The molecule has 7 heteroatoms. The second kappa shape index (κ2) is 6.57. The molecule has 0 atom stereocenters. The summed E-state index contributed by atoms with van der Waals surface area (Å²) < 4.78 is 0. The van der Waals surface area contributed by atoms with Crippen LogP contribution in [-0.4, -0.2) is 44.8 Å². The molecular formula is C17H17N7. The number of nitrogens with one attached hydrogen (secondary N) is 1. The highest BCUT2D eigenvalue weighted by atomic mass is 15.3. The highest BCUT2D eigenvalue weighted by Gasteiger charge is 2.27. The Morgan fingerprint density at radius 1 is 0.958 bits per heavy atom. The summed E-state index contributed by atoms with van der Waals surface area (Å²) in [6.07, 6.45) is 6.99. The molecule has 1 aliphatic rings. The lowest BCUT2D eigenvalue weighted by Gasteiger charge is -2.39. The van der Waals surface area contributed by atoms with E-state index in [0.29, 0.717) is 11.9 Å². The van der Waals surface area contributed by atoms with E-state index >= 15 is 0 Å². The molecule has 0 spiro atoms. The maximum absolute atomic E-state index is 4.34. The molecule has 1 fully saturated rings. The Morgan fingerprint density at radius 2 is 1.75 bits per heavy atom. The molecule has 120 valence electrons. The third kappa shape index (κ3) is 3.15. The minimum atomic E-state index is 0.565. The van der Waals surface area contributed by atoms with E-state index in [4.69, 9.17) is 0 Å². The zero-order chi connectivity index (χ0) is 16.2. The zero-order valence-electron chi connectivity index (χ0n) is 13.1. The van der Waals surface area contributed by atoms with Crippen molar-refractivity contribution in [3.05, 3.63) is 55.1 Å². The van der Waals surface area contributed by atoms with Crippen LogP contribution in [-0.2, 0) is 0 Å². The fraction of sp³-hybridized carbons (Fsp3) is 0.235. The third-order valence-electron chi connectivity index (χ3n) is 4.02. The van der Waals surface area contributed by atoms with Crippen LogP contribution in [0.4, 0.5) is 11.8 Å². The molecule has 0 saturated carbocycles. The predicted molar refractivity (Wildman–Crippen MR) is 91.5 cm³/mol. The summed E-state index contributed by atoms with van der Waals surface area (Å²) in [7, 11) is 0. The van der Waals surface area contributed by atoms with Gasteiger partial charge in [-0.1, -0.05) is 0 Å². The van der Waals surface area contributed by atoms with Gasteiger partial charge in [-0.3, -0.25) is 4.98 Å². The fourth-order valence-electron chi connectivity index (χ4n) is 2.68. The lowest BCUT2D eigenvalue weighted by Crippen LogP contribution is -2.50. The fourth-order valence-corrected chi connectivity index (χ4v) is 2.68. The minimum Gasteiger partial charge on any atom is -0.354 e. The Kier molecular flexibility index (Phi) is 3.97. The summed E-state index contributed by atoms with van der Waals surface area (Å²) in [4.78, 5) is 14.6. The Bertz CT molecular complexity index is 771. The number of nitrogens with zero attached hydrogens (tertiary/aromatic N) is 6. The van der Waals surface area contributed by atoms with Gasteiger partial charge in [0, 0.05) is 55.9 Å². The number of hydrogen-bond donors (Lipinski definition) is 1. The van der Waals surface area contributed by atoms with Crippen molar-refractivity contribution in [3.8, 4) is 11.3 Å². The molecule has 24 heavy (non-hydrogen) atoms. The van der Waals surface area contributed by atoms with Gasteiger partial charge in [0.05, 0.1) is 5.69 Å². The van der Waals surface area contributed by atoms with E-state index in [2.05, 4.69) is 35.4 Å². The van der Waals surface area contributed by atoms with Crippen molar-refractivity contribution in [3.63, 3.8) is 0 Å². The molecule has 1 saturated heterocycles. The first-order chi connectivity index (χ1) is 11.9. The van der Waals surface area contributed by atoms with Crippen molar-refractivity contribution in [1.82, 2.24) is 25.1 Å². The lowest BCUT2D eigenvalue weighted by molar-refractivity contribution is 0.425. The van der Waals surface area contributed by atoms with Crippen LogP contribution in [0.2, 0.25) is 0 Å². The van der Waals surface area contributed by atoms with E-state index in [-0.39, 0.29) is 0 Å². The van der Waals surface area contributed by atoms with Crippen LogP contribution in [0.25, 0.3) is 11.3 Å². The second-order valence-electron chi connectivity index (χ2n) is 5.74. The Morgan fingerprint density at radius 3 is 2.46 bits per heavy atom. The topological polar surface area (TPSA) is 79.7 Å². The smallest absolute Gasteiger partial charge is 0.222 e. The van der Waals surface area contributed by atoms with Crippen molar-refractivity contribution in [2.45, 2.75) is 0 Å². The predicted octanol–water partition coefficient (Wildman–Crippen LogP) is 1.88. The average Bonchev–Trinajstić information content (AvgIpc) is 2.62. The van der Waals surface area contributed by atoms with Crippen LogP contribution in [0.5, 0.6) is 0 Å². The van der Waals surface area contributed by atoms with Gasteiger partial charge in [0.2, 0.25) is 5.95 Å². The molecule has 3 aromatic heterocycles. The van der Waals surface area contributed by atoms with Gasteiger partial charge in [-0.05, 0) is 30.3 Å². The van der Waals surface area contributed by atoms with Crippen LogP contribution < -0.4 is 10.2 Å². The monoisotopic (exact) mass is 319 g/mol. The number of rotatable bonds is 5. The summed E-state index contributed by atoms with van der Waals surface area (Å²) in [6, 6.07) is 9.69. The summed E-state index contributed by atoms with van der Waals surface area (Å²) in [5.41, 5.74) is 1.89. The second-order valence-corrected chi connectivity index (χ2v) is 5.74. The largest absolute Gasteiger partial charge is 0.354 e. The molecule has 0 unspecified atom stereocenters. The van der Waals surface area contributed by atoms with E-state index in [0.717, 1.165) is 36.7 Å². The Balaban J connectivity index is 1.31. The van der Waals surface area contributed by atoms with Gasteiger partial charge >= 0.3 is 0 Å². The van der Waals surface area contributed by atoms with E-state index in [9.17, 15) is 0 Å². The molecule has 7 nitrogen and oxygen atoms in total. The Hall–Kier alpha value is -3.09. The van der Waals surface area contributed by atoms with E-state index < -0.39 is 0 Å². The lowest BCUT2D eigenvalue weighted by atomic mass is 10.0. The van der Waals surface area contributed by atoms with E-state index in [1.54, 1.807) is 24.8 Å². The van der Waals surface area contributed by atoms with Crippen LogP contribution in [0.3, 0.4) is 0 Å². The molecule has 0 aromatic carbocycles. The van der Waals surface area contributed by atoms with Crippen LogP contribution >= 0.6 is 0 Å². The van der Waals surface area contributed by atoms with Crippen LogP contribution in [0, 0.1) is 5.92 Å². The molecule has 4 rings (SSSR count). The van der Waals surface area contributed by atoms with Gasteiger partial charge in [-0.15, -0.1) is 10.2 Å². The molecule has 4 heterocycles. The summed E-state index contributed by atoms with van der Waals surface area (Å²) in [6.45, 7) is 2.79. The summed E-state index contributed by atoms with van der Waals surface area (Å²) in [5.74, 6) is 2.16. The molecule has 1 aliphatic heterocycles. The van der Waals surface area contributed by atoms with Crippen molar-refractivity contribution >= 4 is 11.8 Å². The molecular weight excluding hydrogens is 302 g/mol.